The third-order valence-corrected chi connectivity index (χ3v) is 5.04. The highest BCUT2D eigenvalue weighted by molar-refractivity contribution is 8.14. The lowest BCUT2D eigenvalue weighted by Crippen LogP contribution is -2.03. The summed E-state index contributed by atoms with van der Waals surface area (Å²) in [4.78, 5) is 10.3. The average molecular weight is 307 g/mol. The number of nitro groups is 1. The van der Waals surface area contributed by atoms with E-state index in [1.165, 1.54) is 12.1 Å². The van der Waals surface area contributed by atoms with Crippen molar-refractivity contribution in [2.24, 2.45) is 0 Å². The van der Waals surface area contributed by atoms with Crippen molar-refractivity contribution in [1.82, 2.24) is 0 Å². The predicted molar refractivity (Wildman–Crippen MR) is 81.7 cm³/mol. The molecule has 0 amide bonds. The Bertz CT molecular complexity index is 723. The van der Waals surface area contributed by atoms with E-state index in [9.17, 15) is 10.1 Å². The van der Waals surface area contributed by atoms with E-state index in [-0.39, 0.29) is 5.69 Å². The first-order valence-electron chi connectivity index (χ1n) is 5.75. The summed E-state index contributed by atoms with van der Waals surface area (Å²) >= 11 is 5.46. The van der Waals surface area contributed by atoms with E-state index in [1.807, 2.05) is 30.3 Å². The summed E-state index contributed by atoms with van der Waals surface area (Å²) < 4.78 is 5.78. The lowest BCUT2D eigenvalue weighted by Gasteiger charge is -2.18. The van der Waals surface area contributed by atoms with E-state index in [4.69, 9.17) is 16.3 Å². The van der Waals surface area contributed by atoms with Crippen molar-refractivity contribution in [3.8, 4) is 5.75 Å². The molecule has 1 aliphatic heterocycles. The second-order valence-corrected chi connectivity index (χ2v) is 7.44. The Morgan fingerprint density at radius 2 is 1.80 bits per heavy atom. The fourth-order valence-corrected chi connectivity index (χ4v) is 4.28. The van der Waals surface area contributed by atoms with Gasteiger partial charge in [-0.1, -0.05) is 18.2 Å². The first-order chi connectivity index (χ1) is 9.56. The number of nitro benzene ring substituents is 1. The van der Waals surface area contributed by atoms with Gasteiger partial charge >= 0.3 is 0 Å². The molecule has 1 heterocycles. The van der Waals surface area contributed by atoms with E-state index >= 15 is 0 Å². The number of rotatable bonds is 3. The highest BCUT2D eigenvalue weighted by atomic mass is 32.4. The number of para-hydroxylation sites is 1. The monoisotopic (exact) mass is 307 g/mol. The van der Waals surface area contributed by atoms with Crippen LogP contribution in [0.3, 0.4) is 0 Å². The Kier molecular flexibility index (Phi) is 3.08. The van der Waals surface area contributed by atoms with Crippen molar-refractivity contribution in [3.63, 3.8) is 0 Å². The quantitative estimate of drug-likeness (QED) is 0.511. The van der Waals surface area contributed by atoms with Gasteiger partial charge in [0.15, 0.2) is 0 Å². The van der Waals surface area contributed by atoms with E-state index in [0.717, 1.165) is 5.69 Å². The van der Waals surface area contributed by atoms with Gasteiger partial charge in [-0.15, -0.1) is 0 Å². The van der Waals surface area contributed by atoms with Crippen LogP contribution in [0.1, 0.15) is 0 Å². The zero-order valence-electron chi connectivity index (χ0n) is 10.1. The van der Waals surface area contributed by atoms with Gasteiger partial charge in [0.25, 0.3) is 12.3 Å². The lowest BCUT2D eigenvalue weighted by molar-refractivity contribution is -0.384. The molecule has 0 bridgehead atoms. The molecule has 3 rings (SSSR count). The summed E-state index contributed by atoms with van der Waals surface area (Å²) in [6.45, 7) is -2.51. The van der Waals surface area contributed by atoms with Crippen LogP contribution in [-0.4, -0.2) is 4.92 Å². The third-order valence-electron chi connectivity index (χ3n) is 2.73. The molecule has 0 saturated heterocycles. The first-order valence-corrected chi connectivity index (χ1v) is 8.47. The molecule has 2 aromatic carbocycles. The summed E-state index contributed by atoms with van der Waals surface area (Å²) in [6, 6.07) is 13.7. The Balaban J connectivity index is 1.86. The number of nitrogens with zero attached hydrogens (tertiary/aromatic N) is 1. The van der Waals surface area contributed by atoms with Crippen LogP contribution in [0.5, 0.6) is 5.75 Å². The topological polar surface area (TPSA) is 76.4 Å². The molecule has 0 saturated carbocycles. The van der Waals surface area contributed by atoms with Crippen molar-refractivity contribution < 1.29 is 9.45 Å². The molecule has 0 aliphatic carbocycles. The largest absolute Gasteiger partial charge is 0.433 e. The number of hydrogen-bond donors (Lipinski definition) is 2. The Labute approximate surface area is 120 Å². The molecule has 1 atom stereocenters. The maximum atomic E-state index is 10.8. The van der Waals surface area contributed by atoms with Crippen molar-refractivity contribution in [2.75, 3.05) is 10.2 Å². The summed E-state index contributed by atoms with van der Waals surface area (Å²) in [6.07, 6.45) is 0. The maximum absolute atomic E-state index is 10.8. The maximum Gasteiger partial charge on any atom is 0.299 e. The van der Waals surface area contributed by atoms with Crippen LogP contribution in [0.4, 0.5) is 17.1 Å². The smallest absolute Gasteiger partial charge is 0.299 e. The van der Waals surface area contributed by atoms with Gasteiger partial charge in [0, 0.05) is 12.1 Å². The molecule has 20 heavy (non-hydrogen) atoms. The molecule has 0 fully saturated rings. The minimum absolute atomic E-state index is 0.0150. The Hall–Kier alpha value is -2.11. The number of hydrogen-bond acceptors (Lipinski definition) is 4. The molecule has 8 heteroatoms. The molecule has 2 aromatic rings. The molecular formula is C12H10N3O3PS. The summed E-state index contributed by atoms with van der Waals surface area (Å²) in [7, 11) is 0. The van der Waals surface area contributed by atoms with Gasteiger partial charge in [-0.05, 0) is 30.0 Å². The van der Waals surface area contributed by atoms with Crippen LogP contribution < -0.4 is 14.7 Å². The van der Waals surface area contributed by atoms with E-state index in [2.05, 4.69) is 10.2 Å². The Morgan fingerprint density at radius 1 is 1.10 bits per heavy atom. The average Bonchev–Trinajstić information content (AvgIpc) is 2.74. The number of fused-ring (bicyclic) bond motifs is 1. The van der Waals surface area contributed by atoms with E-state index in [1.54, 1.807) is 6.07 Å². The zero-order chi connectivity index (χ0) is 14.2. The summed E-state index contributed by atoms with van der Waals surface area (Å²) in [5.41, 5.74) is 1.33. The SMILES string of the molecule is O=[N+]([O-])c1ccc2c(c1)NP(=S)(Oc1ccccc1)N2. The van der Waals surface area contributed by atoms with Crippen molar-refractivity contribution in [3.05, 3.63) is 58.6 Å². The molecule has 1 unspecified atom stereocenters. The number of anilines is 2. The van der Waals surface area contributed by atoms with Gasteiger partial charge in [-0.25, -0.2) is 0 Å². The van der Waals surface area contributed by atoms with Crippen LogP contribution in [0.25, 0.3) is 0 Å². The number of benzene rings is 2. The molecular weight excluding hydrogens is 297 g/mol. The van der Waals surface area contributed by atoms with Gasteiger partial charge in [0.1, 0.15) is 5.75 Å². The molecule has 1 aliphatic rings. The molecule has 2 N–H and O–H groups in total. The van der Waals surface area contributed by atoms with Crippen LogP contribution in [-0.2, 0) is 11.8 Å². The minimum atomic E-state index is -2.51. The Morgan fingerprint density at radius 3 is 2.50 bits per heavy atom. The van der Waals surface area contributed by atoms with Gasteiger partial charge in [0.05, 0.1) is 16.3 Å². The molecule has 0 aromatic heterocycles. The third kappa shape index (κ3) is 2.45. The fourth-order valence-electron chi connectivity index (χ4n) is 1.86. The summed E-state index contributed by atoms with van der Waals surface area (Å²) in [5, 5.41) is 16.9. The highest BCUT2D eigenvalue weighted by Crippen LogP contribution is 2.55. The van der Waals surface area contributed by atoms with E-state index < -0.39 is 11.5 Å². The molecule has 6 nitrogen and oxygen atoms in total. The molecule has 0 radical (unpaired) electrons. The second-order valence-electron chi connectivity index (χ2n) is 4.17. The van der Waals surface area contributed by atoms with Crippen molar-refractivity contribution >= 4 is 35.4 Å². The standard InChI is InChI=1S/C12H10N3O3PS/c16-15(17)9-6-7-11-12(8-9)14-19(20,13-11)18-10-4-2-1-3-5-10/h1-8H,(H2,13,14,20). The normalized spacial score (nSPS) is 19.6. The van der Waals surface area contributed by atoms with Crippen LogP contribution >= 0.6 is 6.57 Å². The van der Waals surface area contributed by atoms with E-state index in [0.29, 0.717) is 11.4 Å². The van der Waals surface area contributed by atoms with Crippen molar-refractivity contribution in [2.45, 2.75) is 0 Å². The zero-order valence-corrected chi connectivity index (χ0v) is 11.9. The van der Waals surface area contributed by atoms with Crippen LogP contribution in [0, 0.1) is 10.1 Å². The minimum Gasteiger partial charge on any atom is -0.433 e. The lowest BCUT2D eigenvalue weighted by atomic mass is 10.2. The van der Waals surface area contributed by atoms with Gasteiger partial charge in [-0.3, -0.25) is 10.1 Å². The van der Waals surface area contributed by atoms with Crippen LogP contribution in [0.15, 0.2) is 48.5 Å². The predicted octanol–water partition coefficient (Wildman–Crippen LogP) is 3.74. The number of nitrogens with one attached hydrogen (secondary N) is 2. The molecule has 102 valence electrons. The summed E-state index contributed by atoms with van der Waals surface area (Å²) in [5.74, 6) is 0.651. The first kappa shape index (κ1) is 12.9. The molecule has 0 spiro atoms. The van der Waals surface area contributed by atoms with Gasteiger partial charge in [0.2, 0.25) is 0 Å². The fraction of sp³-hybridized carbons (Fsp3) is 0. The van der Waals surface area contributed by atoms with Crippen LogP contribution in [0.2, 0.25) is 0 Å². The van der Waals surface area contributed by atoms with Gasteiger partial charge < -0.3 is 14.7 Å². The van der Waals surface area contributed by atoms with Gasteiger partial charge in [-0.2, -0.15) is 0 Å². The number of non-ortho nitro benzene ring substituents is 1. The highest BCUT2D eigenvalue weighted by Gasteiger charge is 2.29. The second kappa shape index (κ2) is 4.77. The van der Waals surface area contributed by atoms with Crippen molar-refractivity contribution in [1.29, 1.82) is 0 Å².